The van der Waals surface area contributed by atoms with Gasteiger partial charge in [0.15, 0.2) is 0 Å². The van der Waals surface area contributed by atoms with E-state index in [1.807, 2.05) is 36.4 Å². The van der Waals surface area contributed by atoms with Crippen molar-refractivity contribution in [2.24, 2.45) is 5.92 Å². The topological polar surface area (TPSA) is 86.7 Å². The molecule has 0 radical (unpaired) electrons. The van der Waals surface area contributed by atoms with E-state index in [0.29, 0.717) is 24.9 Å². The number of piperidine rings is 1. The van der Waals surface area contributed by atoms with Crippen molar-refractivity contribution in [3.63, 3.8) is 0 Å². The molecule has 6 heteroatoms. The summed E-state index contributed by atoms with van der Waals surface area (Å²) in [5.74, 6) is -1.78. The third-order valence-corrected chi connectivity index (χ3v) is 5.05. The summed E-state index contributed by atoms with van der Waals surface area (Å²) >= 11 is 0. The number of nitrogens with one attached hydrogen (secondary N) is 1. The number of hydrogen-bond donors (Lipinski definition) is 2. The van der Waals surface area contributed by atoms with E-state index in [-0.39, 0.29) is 24.8 Å². The summed E-state index contributed by atoms with van der Waals surface area (Å²) in [5.41, 5.74) is 1.37. The highest BCUT2D eigenvalue weighted by molar-refractivity contribution is 5.94. The quantitative estimate of drug-likeness (QED) is 0.807. The Balaban J connectivity index is 1.73. The molecule has 2 amide bonds. The van der Waals surface area contributed by atoms with Crippen molar-refractivity contribution in [3.05, 3.63) is 71.8 Å². The van der Waals surface area contributed by atoms with E-state index >= 15 is 0 Å². The number of carbonyl (C=O) groups is 3. The fourth-order valence-corrected chi connectivity index (χ4v) is 3.48. The lowest BCUT2D eigenvalue weighted by Crippen LogP contribution is -2.43. The van der Waals surface area contributed by atoms with Crippen LogP contribution in [0.5, 0.6) is 0 Å². The first kappa shape index (κ1) is 19.6. The number of nitrogens with zero attached hydrogens (tertiary/aromatic N) is 1. The predicted octanol–water partition coefficient (Wildman–Crippen LogP) is 2.87. The van der Waals surface area contributed by atoms with Crippen LogP contribution in [0.2, 0.25) is 0 Å². The molecule has 146 valence electrons. The van der Waals surface area contributed by atoms with Crippen LogP contribution in [0.4, 0.5) is 0 Å². The molecule has 1 aliphatic heterocycles. The van der Waals surface area contributed by atoms with Gasteiger partial charge in [0.1, 0.15) is 0 Å². The van der Waals surface area contributed by atoms with E-state index in [9.17, 15) is 19.5 Å². The molecule has 2 N–H and O–H groups in total. The van der Waals surface area contributed by atoms with Crippen molar-refractivity contribution in [1.82, 2.24) is 10.2 Å². The van der Waals surface area contributed by atoms with Crippen molar-refractivity contribution in [2.75, 3.05) is 13.1 Å². The summed E-state index contributed by atoms with van der Waals surface area (Å²) in [6.45, 7) is 0.777. The van der Waals surface area contributed by atoms with Crippen LogP contribution in [-0.4, -0.2) is 40.9 Å². The Morgan fingerprint density at radius 1 is 1.04 bits per heavy atom. The molecule has 28 heavy (non-hydrogen) atoms. The third kappa shape index (κ3) is 4.97. The number of amides is 2. The number of hydrogen-bond acceptors (Lipinski definition) is 3. The highest BCUT2D eigenvalue weighted by atomic mass is 16.4. The lowest BCUT2D eigenvalue weighted by molar-refractivity contribution is -0.145. The molecule has 1 heterocycles. The Labute approximate surface area is 164 Å². The van der Waals surface area contributed by atoms with E-state index in [4.69, 9.17) is 0 Å². The smallest absolute Gasteiger partial charge is 0.308 e. The molecule has 3 rings (SSSR count). The second kappa shape index (κ2) is 9.17. The van der Waals surface area contributed by atoms with Crippen LogP contribution in [0.25, 0.3) is 0 Å². The number of likely N-dealkylation sites (tertiary alicyclic amines) is 1. The molecule has 1 fully saturated rings. The van der Waals surface area contributed by atoms with Gasteiger partial charge in [-0.3, -0.25) is 14.4 Å². The zero-order valence-electron chi connectivity index (χ0n) is 15.6. The fraction of sp³-hybridized carbons (Fsp3) is 0.318. The Bertz CT molecular complexity index is 823. The van der Waals surface area contributed by atoms with Crippen LogP contribution in [0, 0.1) is 5.92 Å². The van der Waals surface area contributed by atoms with E-state index in [1.54, 1.807) is 29.2 Å². The lowest BCUT2D eigenvalue weighted by atomic mass is 9.96. The Hall–Kier alpha value is -3.15. The maximum atomic E-state index is 12.8. The highest BCUT2D eigenvalue weighted by Crippen LogP contribution is 2.22. The molecule has 2 unspecified atom stereocenters. The highest BCUT2D eigenvalue weighted by Gasteiger charge is 2.30. The molecule has 0 bridgehead atoms. The van der Waals surface area contributed by atoms with Gasteiger partial charge in [0.2, 0.25) is 5.91 Å². The molecule has 2 aromatic rings. The molecule has 0 spiro atoms. The van der Waals surface area contributed by atoms with Gasteiger partial charge in [-0.05, 0) is 30.5 Å². The van der Waals surface area contributed by atoms with Gasteiger partial charge in [-0.2, -0.15) is 0 Å². The second-order valence-corrected chi connectivity index (χ2v) is 7.02. The van der Waals surface area contributed by atoms with Crippen molar-refractivity contribution in [2.45, 2.75) is 25.3 Å². The lowest BCUT2D eigenvalue weighted by Gasteiger charge is -2.32. The first-order chi connectivity index (χ1) is 13.5. The van der Waals surface area contributed by atoms with Crippen LogP contribution in [-0.2, 0) is 9.59 Å². The molecule has 2 atom stereocenters. The molecule has 6 nitrogen and oxygen atoms in total. The zero-order valence-corrected chi connectivity index (χ0v) is 15.6. The van der Waals surface area contributed by atoms with Gasteiger partial charge in [0.05, 0.1) is 18.4 Å². The normalized spacial score (nSPS) is 17.6. The molecule has 0 aliphatic carbocycles. The maximum Gasteiger partial charge on any atom is 0.308 e. The number of aliphatic carboxylic acids is 1. The molecule has 1 saturated heterocycles. The van der Waals surface area contributed by atoms with Gasteiger partial charge in [0.25, 0.3) is 5.91 Å². The molecular formula is C22H24N2O4. The summed E-state index contributed by atoms with van der Waals surface area (Å²) < 4.78 is 0. The predicted molar refractivity (Wildman–Crippen MR) is 105 cm³/mol. The maximum absolute atomic E-state index is 12.8. The minimum absolute atomic E-state index is 0.0922. The minimum Gasteiger partial charge on any atom is -0.481 e. The second-order valence-electron chi connectivity index (χ2n) is 7.02. The first-order valence-electron chi connectivity index (χ1n) is 9.46. The number of carbonyl (C=O) groups excluding carboxylic acids is 2. The van der Waals surface area contributed by atoms with Crippen LogP contribution < -0.4 is 5.32 Å². The average molecular weight is 380 g/mol. The molecular weight excluding hydrogens is 356 g/mol. The molecule has 2 aromatic carbocycles. The van der Waals surface area contributed by atoms with Crippen LogP contribution in [0.1, 0.15) is 41.2 Å². The summed E-state index contributed by atoms with van der Waals surface area (Å²) in [7, 11) is 0. The van der Waals surface area contributed by atoms with Crippen molar-refractivity contribution in [3.8, 4) is 0 Å². The van der Waals surface area contributed by atoms with Crippen LogP contribution >= 0.6 is 0 Å². The van der Waals surface area contributed by atoms with Gasteiger partial charge in [-0.1, -0.05) is 48.5 Å². The Morgan fingerprint density at radius 2 is 1.68 bits per heavy atom. The largest absolute Gasteiger partial charge is 0.481 e. The van der Waals surface area contributed by atoms with E-state index < -0.39 is 17.9 Å². The van der Waals surface area contributed by atoms with Crippen molar-refractivity contribution in [1.29, 1.82) is 0 Å². The Kier molecular flexibility index (Phi) is 6.42. The summed E-state index contributed by atoms with van der Waals surface area (Å²) in [4.78, 5) is 38.3. The molecule has 0 saturated carbocycles. The summed E-state index contributed by atoms with van der Waals surface area (Å²) in [6, 6.07) is 17.7. The molecule has 1 aliphatic rings. The van der Waals surface area contributed by atoms with Gasteiger partial charge in [-0.25, -0.2) is 0 Å². The van der Waals surface area contributed by atoms with Crippen LogP contribution in [0.3, 0.4) is 0 Å². The van der Waals surface area contributed by atoms with Gasteiger partial charge in [0, 0.05) is 18.7 Å². The fourth-order valence-electron chi connectivity index (χ4n) is 3.48. The third-order valence-electron chi connectivity index (χ3n) is 5.05. The van der Waals surface area contributed by atoms with E-state index in [1.165, 1.54) is 0 Å². The van der Waals surface area contributed by atoms with Gasteiger partial charge < -0.3 is 15.3 Å². The zero-order chi connectivity index (χ0) is 19.9. The van der Waals surface area contributed by atoms with Crippen molar-refractivity contribution >= 4 is 17.8 Å². The summed E-state index contributed by atoms with van der Waals surface area (Å²) in [6.07, 6.45) is 1.36. The Morgan fingerprint density at radius 3 is 2.32 bits per heavy atom. The van der Waals surface area contributed by atoms with Crippen LogP contribution in [0.15, 0.2) is 60.7 Å². The number of carboxylic acids is 1. The first-order valence-corrected chi connectivity index (χ1v) is 9.46. The summed E-state index contributed by atoms with van der Waals surface area (Å²) in [5, 5.41) is 12.2. The number of carboxylic acid groups (broad SMARTS) is 1. The van der Waals surface area contributed by atoms with E-state index in [2.05, 4.69) is 5.32 Å². The monoisotopic (exact) mass is 380 g/mol. The standard InChI is InChI=1S/C22H24N2O4/c25-20(24-13-7-12-18(15-24)22(27)28)14-19(16-8-3-1-4-9-16)23-21(26)17-10-5-2-6-11-17/h1-6,8-11,18-19H,7,12-15H2,(H,23,26)(H,27,28). The number of rotatable bonds is 6. The SMILES string of the molecule is O=C(NC(CC(=O)N1CCCC(C(=O)O)C1)c1ccccc1)c1ccccc1. The van der Waals surface area contributed by atoms with E-state index in [0.717, 1.165) is 5.56 Å². The van der Waals surface area contributed by atoms with Crippen molar-refractivity contribution < 1.29 is 19.5 Å². The van der Waals surface area contributed by atoms with Gasteiger partial charge >= 0.3 is 5.97 Å². The van der Waals surface area contributed by atoms with Gasteiger partial charge in [-0.15, -0.1) is 0 Å². The average Bonchev–Trinajstić information content (AvgIpc) is 2.74. The number of benzene rings is 2. The molecule has 0 aromatic heterocycles. The minimum atomic E-state index is -0.866.